The maximum atomic E-state index is 13.1. The number of nitrogens with zero attached hydrogens (tertiary/aromatic N) is 2. The summed E-state index contributed by atoms with van der Waals surface area (Å²) in [5, 5.41) is 7.86. The van der Waals surface area contributed by atoms with Crippen molar-refractivity contribution in [3.8, 4) is 22.6 Å². The summed E-state index contributed by atoms with van der Waals surface area (Å²) in [5.41, 5.74) is 1.50. The highest BCUT2D eigenvalue weighted by atomic mass is 35.5. The van der Waals surface area contributed by atoms with Crippen LogP contribution in [0.5, 0.6) is 0 Å². The number of nitrogens with one attached hydrogen (secondary N) is 1. The molecular weight excluding hydrogens is 572 g/mol. The normalized spacial score (nSPS) is 12.5. The van der Waals surface area contributed by atoms with Crippen LogP contribution in [0.4, 0.5) is 10.5 Å². The van der Waals surface area contributed by atoms with E-state index in [2.05, 4.69) is 10.5 Å². The van der Waals surface area contributed by atoms with E-state index < -0.39 is 28.5 Å². The molecule has 0 bridgehead atoms. The Kier molecular flexibility index (Phi) is 9.98. The summed E-state index contributed by atoms with van der Waals surface area (Å²) >= 11 is 24.6. The van der Waals surface area contributed by atoms with E-state index in [4.69, 9.17) is 55.7 Å². The predicted molar refractivity (Wildman–Crippen MR) is 153 cm³/mol. The van der Waals surface area contributed by atoms with E-state index in [1.165, 1.54) is 4.90 Å². The zero-order valence-corrected chi connectivity index (χ0v) is 24.6. The molecule has 1 unspecified atom stereocenters. The molecule has 1 heterocycles. The topological polar surface area (TPSA) is 84.7 Å². The number of carbonyl (C=O) groups excluding carboxylic acids is 2. The number of carbonyl (C=O) groups is 2. The van der Waals surface area contributed by atoms with Gasteiger partial charge in [0, 0.05) is 29.4 Å². The first kappa shape index (κ1) is 30.1. The van der Waals surface area contributed by atoms with Gasteiger partial charge in [0.1, 0.15) is 11.3 Å². The molecule has 1 N–H and O–H groups in total. The minimum absolute atomic E-state index is 0.0395. The highest BCUT2D eigenvalue weighted by Gasteiger charge is 2.29. The zero-order valence-electron chi connectivity index (χ0n) is 21.6. The average molecular weight is 601 g/mol. The van der Waals surface area contributed by atoms with Gasteiger partial charge in [0.15, 0.2) is 10.6 Å². The van der Waals surface area contributed by atoms with E-state index in [9.17, 15) is 9.59 Å². The second-order valence-electron chi connectivity index (χ2n) is 9.97. The summed E-state index contributed by atoms with van der Waals surface area (Å²) in [7, 11) is 0. The Morgan fingerprint density at radius 3 is 2.26 bits per heavy atom. The van der Waals surface area contributed by atoms with Gasteiger partial charge in [-0.15, -0.1) is 0 Å². The molecule has 38 heavy (non-hydrogen) atoms. The molecule has 3 aromatic rings. The largest absolute Gasteiger partial charge is 0.444 e. The van der Waals surface area contributed by atoms with E-state index in [0.717, 1.165) is 0 Å². The lowest BCUT2D eigenvalue weighted by molar-refractivity contribution is -0.117. The maximum absolute atomic E-state index is 13.1. The van der Waals surface area contributed by atoms with Crippen molar-refractivity contribution in [3.63, 3.8) is 0 Å². The fraction of sp³-hybridized carbons (Fsp3) is 0.370. The number of benzene rings is 2. The Labute approximate surface area is 242 Å². The Balaban J connectivity index is 1.93. The second-order valence-corrected chi connectivity index (χ2v) is 11.9. The third-order valence-electron chi connectivity index (χ3n) is 5.51. The van der Waals surface area contributed by atoms with Crippen LogP contribution in [0.1, 0.15) is 34.6 Å². The SMILES string of the molecule is CC(C)C(CN(C(=O)C(Cl)Cl)c1cccc(-c2cc(-c3c(Cl)cccc3Cl)no2)c1)NC(=O)OC(C)(C)C. The van der Waals surface area contributed by atoms with Gasteiger partial charge in [-0.2, -0.15) is 0 Å². The van der Waals surface area contributed by atoms with Gasteiger partial charge < -0.3 is 19.5 Å². The number of anilines is 1. The van der Waals surface area contributed by atoms with Crippen molar-refractivity contribution in [3.05, 3.63) is 58.6 Å². The Bertz CT molecular complexity index is 1270. The van der Waals surface area contributed by atoms with Gasteiger partial charge in [0.2, 0.25) is 0 Å². The van der Waals surface area contributed by atoms with E-state index >= 15 is 0 Å². The lowest BCUT2D eigenvalue weighted by Crippen LogP contribution is -2.50. The third kappa shape index (κ3) is 7.79. The summed E-state index contributed by atoms with van der Waals surface area (Å²) in [6, 6.07) is 13.5. The molecule has 0 saturated carbocycles. The highest BCUT2D eigenvalue weighted by Crippen LogP contribution is 2.36. The standard InChI is InChI=1S/C27H29Cl4N3O4/c1-15(2)21(32-26(36)37-27(3,4)5)14-34(25(35)24(30)31)17-9-6-8-16(12-17)22-13-20(33-38-22)23-18(28)10-7-11-19(23)29/h6-13,15,21,24H,14H2,1-5H3,(H,32,36). The number of hydrogen-bond acceptors (Lipinski definition) is 5. The lowest BCUT2D eigenvalue weighted by Gasteiger charge is -2.31. The molecule has 7 nitrogen and oxygen atoms in total. The molecule has 3 rings (SSSR count). The van der Waals surface area contributed by atoms with Gasteiger partial charge in [0.25, 0.3) is 5.91 Å². The van der Waals surface area contributed by atoms with Crippen molar-refractivity contribution in [1.82, 2.24) is 10.5 Å². The van der Waals surface area contributed by atoms with Crippen molar-refractivity contribution in [2.24, 2.45) is 5.92 Å². The fourth-order valence-electron chi connectivity index (χ4n) is 3.62. The van der Waals surface area contributed by atoms with Crippen LogP contribution < -0.4 is 10.2 Å². The van der Waals surface area contributed by atoms with Crippen molar-refractivity contribution in [1.29, 1.82) is 0 Å². The van der Waals surface area contributed by atoms with Crippen LogP contribution in [-0.2, 0) is 9.53 Å². The van der Waals surface area contributed by atoms with Crippen molar-refractivity contribution >= 4 is 64.1 Å². The molecule has 0 fully saturated rings. The monoisotopic (exact) mass is 599 g/mol. The number of hydrogen-bond donors (Lipinski definition) is 1. The lowest BCUT2D eigenvalue weighted by atomic mass is 10.0. The molecule has 0 radical (unpaired) electrons. The molecule has 1 aromatic heterocycles. The summed E-state index contributed by atoms with van der Waals surface area (Å²) in [5.74, 6) is -0.142. The molecule has 2 amide bonds. The van der Waals surface area contributed by atoms with Crippen LogP contribution in [0, 0.1) is 5.92 Å². The van der Waals surface area contributed by atoms with E-state index in [1.54, 1.807) is 63.2 Å². The van der Waals surface area contributed by atoms with Gasteiger partial charge in [0.05, 0.1) is 16.1 Å². The first-order valence-corrected chi connectivity index (χ1v) is 13.5. The molecule has 0 spiro atoms. The Morgan fingerprint density at radius 2 is 1.68 bits per heavy atom. The van der Waals surface area contributed by atoms with E-state index in [0.29, 0.717) is 38.3 Å². The third-order valence-corrected chi connectivity index (χ3v) is 6.51. The van der Waals surface area contributed by atoms with Gasteiger partial charge in [-0.1, -0.05) is 83.6 Å². The van der Waals surface area contributed by atoms with Crippen molar-refractivity contribution in [2.45, 2.75) is 51.1 Å². The van der Waals surface area contributed by atoms with E-state index in [1.807, 2.05) is 19.9 Å². The fourth-order valence-corrected chi connectivity index (χ4v) is 4.44. The smallest absolute Gasteiger partial charge is 0.407 e. The maximum Gasteiger partial charge on any atom is 0.407 e. The second kappa shape index (κ2) is 12.6. The Morgan fingerprint density at radius 1 is 1.05 bits per heavy atom. The van der Waals surface area contributed by atoms with Crippen LogP contribution in [0.2, 0.25) is 10.0 Å². The molecule has 11 heteroatoms. The summed E-state index contributed by atoms with van der Waals surface area (Å²) in [6.45, 7) is 9.28. The first-order valence-electron chi connectivity index (χ1n) is 11.9. The van der Waals surface area contributed by atoms with Crippen LogP contribution in [0.3, 0.4) is 0 Å². The number of rotatable bonds is 8. The van der Waals surface area contributed by atoms with Crippen LogP contribution in [0.25, 0.3) is 22.6 Å². The molecule has 0 saturated heterocycles. The molecule has 0 aliphatic heterocycles. The first-order chi connectivity index (χ1) is 17.8. The summed E-state index contributed by atoms with van der Waals surface area (Å²) in [4.78, 5) is 25.7. The number of ether oxygens (including phenoxy) is 1. The number of aromatic nitrogens is 1. The zero-order chi connectivity index (χ0) is 28.2. The molecule has 204 valence electrons. The molecular formula is C27H29Cl4N3O4. The summed E-state index contributed by atoms with van der Waals surface area (Å²) in [6.07, 6.45) is -0.585. The van der Waals surface area contributed by atoms with Gasteiger partial charge in [-0.3, -0.25) is 4.79 Å². The van der Waals surface area contributed by atoms with Crippen molar-refractivity contribution < 1.29 is 18.8 Å². The quantitative estimate of drug-likeness (QED) is 0.265. The minimum atomic E-state index is -1.31. The molecule has 0 aliphatic rings. The highest BCUT2D eigenvalue weighted by molar-refractivity contribution is 6.54. The molecule has 0 aliphatic carbocycles. The number of halogens is 4. The summed E-state index contributed by atoms with van der Waals surface area (Å²) < 4.78 is 11.0. The average Bonchev–Trinajstić information content (AvgIpc) is 3.29. The minimum Gasteiger partial charge on any atom is -0.444 e. The van der Waals surface area contributed by atoms with Crippen molar-refractivity contribution in [2.75, 3.05) is 11.4 Å². The predicted octanol–water partition coefficient (Wildman–Crippen LogP) is 8.00. The molecule has 1 atom stereocenters. The van der Waals surface area contributed by atoms with E-state index in [-0.39, 0.29) is 12.5 Å². The van der Waals surface area contributed by atoms with Crippen LogP contribution in [-0.4, -0.2) is 40.2 Å². The number of amides is 2. The number of alkyl carbamates (subject to hydrolysis) is 1. The Hall–Kier alpha value is -2.45. The molecule has 2 aromatic carbocycles. The van der Waals surface area contributed by atoms with Gasteiger partial charge in [-0.05, 0) is 51.0 Å². The van der Waals surface area contributed by atoms with Crippen LogP contribution in [0.15, 0.2) is 53.1 Å². The number of alkyl halides is 2. The van der Waals surface area contributed by atoms with Crippen LogP contribution >= 0.6 is 46.4 Å². The van der Waals surface area contributed by atoms with Gasteiger partial charge >= 0.3 is 6.09 Å². The van der Waals surface area contributed by atoms with Gasteiger partial charge in [-0.25, -0.2) is 4.79 Å².